The van der Waals surface area contributed by atoms with E-state index < -0.39 is 23.2 Å². The maximum atomic E-state index is 11.8. The predicted molar refractivity (Wildman–Crippen MR) is 82.5 cm³/mol. The number of carbonyl (C=O) groups excluding carboxylic acids is 3. The van der Waals surface area contributed by atoms with Crippen LogP contribution < -0.4 is 11.1 Å². The largest absolute Gasteiger partial charge is 0.504 e. The fourth-order valence-electron chi connectivity index (χ4n) is 1.51. The third-order valence-corrected chi connectivity index (χ3v) is 3.32. The van der Waals surface area contributed by atoms with Crippen LogP contribution >= 0.6 is 11.3 Å². The summed E-state index contributed by atoms with van der Waals surface area (Å²) in [6, 6.07) is 2.94. The number of nitrogens with one attached hydrogen (secondary N) is 1. The Morgan fingerprint density at radius 1 is 1.57 bits per heavy atom. The van der Waals surface area contributed by atoms with Crippen LogP contribution in [0.1, 0.15) is 17.3 Å². The summed E-state index contributed by atoms with van der Waals surface area (Å²) in [6.45, 7) is 1.83. The van der Waals surface area contributed by atoms with Gasteiger partial charge in [0, 0.05) is 6.08 Å². The zero-order valence-corrected chi connectivity index (χ0v) is 12.8. The van der Waals surface area contributed by atoms with Crippen LogP contribution in [-0.2, 0) is 14.3 Å². The molecule has 0 unspecified atom stereocenters. The van der Waals surface area contributed by atoms with Crippen molar-refractivity contribution in [1.29, 1.82) is 5.26 Å². The highest BCUT2D eigenvalue weighted by Crippen LogP contribution is 2.27. The van der Waals surface area contributed by atoms with Gasteiger partial charge in [0.05, 0.1) is 17.9 Å². The van der Waals surface area contributed by atoms with Gasteiger partial charge in [0.2, 0.25) is 0 Å². The average Bonchev–Trinajstić information content (AvgIpc) is 2.95. The molecule has 1 amide bonds. The summed E-state index contributed by atoms with van der Waals surface area (Å²) >= 11 is 1.10. The molecular weight excluding hydrogens is 322 g/mol. The number of primary amides is 1. The molecule has 0 saturated carbocycles. The first-order valence-electron chi connectivity index (χ1n) is 6.26. The first-order chi connectivity index (χ1) is 11.0. The standard InChI is InChI=1S/C14H13N3O5S/c1-2-22-14(21)8-4-6-23-13(8)17-10(3-5-18)11(19)9(7-15)12(16)20/h3-6,17,19H,2H2,1H3,(H2,16,20). The molecule has 0 radical (unpaired) electrons. The second-order valence-electron chi connectivity index (χ2n) is 3.92. The number of aliphatic hydroxyl groups excluding tert-OH is 1. The Morgan fingerprint density at radius 2 is 2.26 bits per heavy atom. The number of thiophene rings is 1. The summed E-state index contributed by atoms with van der Waals surface area (Å²) in [5, 5.41) is 23.3. The van der Waals surface area contributed by atoms with Crippen LogP contribution in [0.2, 0.25) is 0 Å². The Bertz CT molecular complexity index is 727. The maximum Gasteiger partial charge on any atom is 0.341 e. The van der Waals surface area contributed by atoms with E-state index in [-0.39, 0.29) is 22.9 Å². The molecule has 23 heavy (non-hydrogen) atoms. The Kier molecular flexibility index (Phi) is 6.51. The third kappa shape index (κ3) is 4.42. The molecule has 9 heteroatoms. The lowest BCUT2D eigenvalue weighted by atomic mass is 10.2. The van der Waals surface area contributed by atoms with Crippen LogP contribution in [0.25, 0.3) is 0 Å². The number of esters is 1. The fourth-order valence-corrected chi connectivity index (χ4v) is 2.29. The van der Waals surface area contributed by atoms with Gasteiger partial charge in [-0.05, 0) is 18.4 Å². The molecule has 1 aromatic rings. The number of carbonyl (C=O) groups is 3. The van der Waals surface area contributed by atoms with E-state index in [4.69, 9.17) is 15.7 Å². The van der Waals surface area contributed by atoms with Crippen LogP contribution in [-0.4, -0.2) is 29.9 Å². The molecule has 0 saturated heterocycles. The first kappa shape index (κ1) is 17.9. The molecular formula is C14H13N3O5S. The number of hydrogen-bond donors (Lipinski definition) is 3. The van der Waals surface area contributed by atoms with Crippen LogP contribution in [0.15, 0.2) is 34.6 Å². The summed E-state index contributed by atoms with van der Waals surface area (Å²) in [4.78, 5) is 33.6. The van der Waals surface area contributed by atoms with Crippen molar-refractivity contribution in [3.63, 3.8) is 0 Å². The summed E-state index contributed by atoms with van der Waals surface area (Å²) < 4.78 is 4.87. The Balaban J connectivity index is 3.23. The zero-order valence-electron chi connectivity index (χ0n) is 12.0. The van der Waals surface area contributed by atoms with Crippen molar-refractivity contribution in [3.8, 4) is 6.07 Å². The highest BCUT2D eigenvalue weighted by molar-refractivity contribution is 7.14. The summed E-state index contributed by atoms with van der Waals surface area (Å²) in [5.41, 5.74) is 4.19. The SMILES string of the molecule is CCOC(=O)c1ccsc1NC(=CC=O)C(O)=C(C#N)C(N)=O. The number of nitrogens with two attached hydrogens (primary N) is 1. The molecule has 1 rings (SSSR count). The van der Waals surface area contributed by atoms with E-state index >= 15 is 0 Å². The number of anilines is 1. The van der Waals surface area contributed by atoms with E-state index in [1.165, 1.54) is 12.1 Å². The number of hydrogen-bond acceptors (Lipinski definition) is 8. The van der Waals surface area contributed by atoms with Crippen molar-refractivity contribution in [2.75, 3.05) is 11.9 Å². The van der Waals surface area contributed by atoms with E-state index in [1.54, 1.807) is 12.3 Å². The van der Waals surface area contributed by atoms with Crippen molar-refractivity contribution in [2.24, 2.45) is 5.73 Å². The zero-order chi connectivity index (χ0) is 17.4. The third-order valence-electron chi connectivity index (χ3n) is 2.49. The minimum Gasteiger partial charge on any atom is -0.504 e. The molecule has 8 nitrogen and oxygen atoms in total. The van der Waals surface area contributed by atoms with Gasteiger partial charge in [-0.25, -0.2) is 4.79 Å². The van der Waals surface area contributed by atoms with E-state index in [1.807, 2.05) is 0 Å². The molecule has 1 heterocycles. The van der Waals surface area contributed by atoms with Gasteiger partial charge >= 0.3 is 5.97 Å². The van der Waals surface area contributed by atoms with Crippen LogP contribution in [0, 0.1) is 11.3 Å². The van der Waals surface area contributed by atoms with Gasteiger partial charge in [-0.1, -0.05) is 0 Å². The smallest absolute Gasteiger partial charge is 0.341 e. The maximum absolute atomic E-state index is 11.8. The topological polar surface area (TPSA) is 143 Å². The number of nitrogens with zero attached hydrogens (tertiary/aromatic N) is 1. The fraction of sp³-hybridized carbons (Fsp3) is 0.143. The average molecular weight is 335 g/mol. The summed E-state index contributed by atoms with van der Waals surface area (Å²) in [6.07, 6.45) is 1.23. The Morgan fingerprint density at radius 3 is 2.78 bits per heavy atom. The van der Waals surface area contributed by atoms with Crippen molar-refractivity contribution < 1.29 is 24.2 Å². The Hall–Kier alpha value is -3.12. The minimum atomic E-state index is -1.15. The van der Waals surface area contributed by atoms with E-state index in [2.05, 4.69) is 5.32 Å². The lowest BCUT2D eigenvalue weighted by Gasteiger charge is -2.10. The second-order valence-corrected chi connectivity index (χ2v) is 4.84. The van der Waals surface area contributed by atoms with Crippen LogP contribution in [0.5, 0.6) is 0 Å². The summed E-state index contributed by atoms with van der Waals surface area (Å²) in [5.74, 6) is -2.55. The molecule has 0 bridgehead atoms. The molecule has 120 valence electrons. The first-order valence-corrected chi connectivity index (χ1v) is 7.14. The van der Waals surface area contributed by atoms with Crippen molar-refractivity contribution in [1.82, 2.24) is 0 Å². The Labute approximate surface area is 135 Å². The monoisotopic (exact) mass is 335 g/mol. The van der Waals surface area contributed by atoms with E-state index in [0.717, 1.165) is 17.4 Å². The number of ether oxygens (including phenoxy) is 1. The highest BCUT2D eigenvalue weighted by atomic mass is 32.1. The number of rotatable bonds is 7. The normalized spacial score (nSPS) is 11.9. The number of aldehydes is 1. The molecule has 0 atom stereocenters. The van der Waals surface area contributed by atoms with Crippen molar-refractivity contribution >= 4 is 34.5 Å². The molecule has 0 aliphatic heterocycles. The quantitative estimate of drug-likeness (QED) is 0.170. The van der Waals surface area contributed by atoms with Crippen LogP contribution in [0.4, 0.5) is 5.00 Å². The van der Waals surface area contributed by atoms with Gasteiger partial charge in [-0.2, -0.15) is 5.26 Å². The lowest BCUT2D eigenvalue weighted by molar-refractivity contribution is -0.114. The molecule has 0 spiro atoms. The molecule has 4 N–H and O–H groups in total. The number of allylic oxidation sites excluding steroid dienone is 1. The van der Waals surface area contributed by atoms with Gasteiger partial charge < -0.3 is 20.9 Å². The predicted octanol–water partition coefficient (Wildman–Crippen LogP) is 1.24. The molecule has 0 fully saturated rings. The summed E-state index contributed by atoms with van der Waals surface area (Å²) in [7, 11) is 0. The van der Waals surface area contributed by atoms with Gasteiger partial charge in [-0.3, -0.25) is 9.59 Å². The molecule has 0 aliphatic rings. The number of nitriles is 1. The van der Waals surface area contributed by atoms with Gasteiger partial charge in [-0.15, -0.1) is 11.3 Å². The number of amides is 1. The lowest BCUT2D eigenvalue weighted by Crippen LogP contribution is -2.17. The van der Waals surface area contributed by atoms with Crippen molar-refractivity contribution in [3.05, 3.63) is 40.1 Å². The van der Waals surface area contributed by atoms with Gasteiger partial charge in [0.25, 0.3) is 5.91 Å². The van der Waals surface area contributed by atoms with E-state index in [0.29, 0.717) is 6.29 Å². The molecule has 0 aliphatic carbocycles. The van der Waals surface area contributed by atoms with Crippen LogP contribution in [0.3, 0.4) is 0 Å². The van der Waals surface area contributed by atoms with Gasteiger partial charge in [0.1, 0.15) is 17.4 Å². The van der Waals surface area contributed by atoms with Crippen molar-refractivity contribution in [2.45, 2.75) is 6.92 Å². The van der Waals surface area contributed by atoms with E-state index in [9.17, 15) is 19.5 Å². The second kappa shape index (κ2) is 8.35. The minimum absolute atomic E-state index is 0.177. The highest BCUT2D eigenvalue weighted by Gasteiger charge is 2.19. The molecule has 1 aromatic heterocycles. The molecule has 0 aromatic carbocycles. The number of aliphatic hydroxyl groups is 1. The van der Waals surface area contributed by atoms with Gasteiger partial charge in [0.15, 0.2) is 11.3 Å².